The Morgan fingerprint density at radius 1 is 0.941 bits per heavy atom. The minimum atomic E-state index is -0.551. The van der Waals surface area contributed by atoms with Crippen molar-refractivity contribution in [3.63, 3.8) is 0 Å². The average molecular weight is 475 g/mol. The van der Waals surface area contributed by atoms with Crippen molar-refractivity contribution in [1.29, 1.82) is 0 Å². The largest absolute Gasteiger partial charge is 0.465 e. The first-order valence-corrected chi connectivity index (χ1v) is 11.4. The Morgan fingerprint density at radius 3 is 2.21 bits per heavy atom. The van der Waals surface area contributed by atoms with Gasteiger partial charge in [0.2, 0.25) is 0 Å². The van der Waals surface area contributed by atoms with Gasteiger partial charge in [0, 0.05) is 27.8 Å². The van der Waals surface area contributed by atoms with Gasteiger partial charge in [-0.25, -0.2) is 4.79 Å². The maximum atomic E-state index is 13.6. The molecule has 0 radical (unpaired) electrons. The molecule has 0 N–H and O–H groups in total. The second kappa shape index (κ2) is 8.99. The van der Waals surface area contributed by atoms with Crippen LogP contribution in [0.15, 0.2) is 65.4 Å². The number of aromatic nitrogens is 1. The molecule has 5 nitrogen and oxygen atoms in total. The molecule has 0 atom stereocenters. The van der Waals surface area contributed by atoms with Crippen molar-refractivity contribution in [2.75, 3.05) is 12.0 Å². The Morgan fingerprint density at radius 2 is 1.59 bits per heavy atom. The molecule has 6 heteroatoms. The number of methoxy groups -OCH3 is 1. The molecule has 1 amide bonds. The van der Waals surface area contributed by atoms with E-state index in [9.17, 15) is 9.59 Å². The van der Waals surface area contributed by atoms with Crippen molar-refractivity contribution >= 4 is 35.2 Å². The number of ether oxygens (including phenoxy) is 1. The van der Waals surface area contributed by atoms with Crippen molar-refractivity contribution < 1.29 is 14.3 Å². The molecular weight excluding hydrogens is 448 g/mol. The monoisotopic (exact) mass is 474 g/mol. The molecule has 1 aromatic heterocycles. The van der Waals surface area contributed by atoms with E-state index in [2.05, 4.69) is 35.8 Å². The number of allylic oxidation sites excluding steroid dienone is 1. The van der Waals surface area contributed by atoms with Gasteiger partial charge in [0.25, 0.3) is 5.91 Å². The van der Waals surface area contributed by atoms with Crippen LogP contribution >= 0.6 is 11.6 Å². The lowest BCUT2D eigenvalue weighted by Crippen LogP contribution is -2.24. The Bertz CT molecular complexity index is 1380. The summed E-state index contributed by atoms with van der Waals surface area (Å²) in [7, 11) is 1.32. The van der Waals surface area contributed by atoms with Crippen molar-refractivity contribution in [2.24, 2.45) is 0 Å². The summed E-state index contributed by atoms with van der Waals surface area (Å²) in [6, 6.07) is 15.7. The first kappa shape index (κ1) is 23.6. The number of halogens is 1. The second-order valence-corrected chi connectivity index (χ2v) is 8.99. The molecule has 1 aliphatic rings. The van der Waals surface area contributed by atoms with E-state index in [1.54, 1.807) is 19.1 Å². The van der Waals surface area contributed by atoms with Crippen molar-refractivity contribution in [1.82, 2.24) is 4.57 Å². The third kappa shape index (κ3) is 3.97. The predicted octanol–water partition coefficient (Wildman–Crippen LogP) is 6.24. The lowest BCUT2D eigenvalue weighted by Gasteiger charge is -2.18. The van der Waals surface area contributed by atoms with E-state index < -0.39 is 5.97 Å². The second-order valence-electron chi connectivity index (χ2n) is 8.58. The van der Waals surface area contributed by atoms with Crippen LogP contribution in [0.2, 0.25) is 5.02 Å². The number of nitrogens with zero attached hydrogens (tertiary/aromatic N) is 2. The molecule has 174 valence electrons. The summed E-state index contributed by atoms with van der Waals surface area (Å²) in [5.74, 6) is -0.844. The minimum absolute atomic E-state index is 0.254. The molecule has 34 heavy (non-hydrogen) atoms. The van der Waals surface area contributed by atoms with Crippen LogP contribution in [-0.2, 0) is 14.3 Å². The molecule has 1 aliphatic heterocycles. The summed E-state index contributed by atoms with van der Waals surface area (Å²) in [5.41, 5.74) is 7.66. The van der Waals surface area contributed by atoms with Crippen LogP contribution in [0, 0.1) is 27.7 Å². The van der Waals surface area contributed by atoms with Crippen LogP contribution < -0.4 is 4.90 Å². The molecular formula is C28H27ClN2O3. The van der Waals surface area contributed by atoms with E-state index in [4.69, 9.17) is 16.3 Å². The number of anilines is 1. The molecule has 3 aromatic rings. The zero-order chi connectivity index (χ0) is 24.7. The van der Waals surface area contributed by atoms with Crippen LogP contribution in [0.1, 0.15) is 35.0 Å². The number of esters is 1. The molecule has 0 aliphatic carbocycles. The SMILES string of the molecule is COC(=O)C1=C(C)N(c2ccc(C)c(Cl)c2)C(=O)/C1=C\c1cc(C)n(-c2ccc(C)cc2)c1C. The van der Waals surface area contributed by atoms with Gasteiger partial charge in [-0.1, -0.05) is 35.4 Å². The molecule has 2 aromatic carbocycles. The van der Waals surface area contributed by atoms with E-state index in [1.807, 2.05) is 39.0 Å². The molecule has 0 bridgehead atoms. The van der Waals surface area contributed by atoms with Crippen molar-refractivity contribution in [2.45, 2.75) is 34.6 Å². The molecule has 4 rings (SSSR count). The summed E-state index contributed by atoms with van der Waals surface area (Å²) in [4.78, 5) is 27.9. The van der Waals surface area contributed by atoms with Crippen molar-refractivity contribution in [3.8, 4) is 5.69 Å². The Kier molecular flexibility index (Phi) is 6.24. The number of hydrogen-bond acceptors (Lipinski definition) is 3. The number of rotatable bonds is 4. The van der Waals surface area contributed by atoms with Crippen LogP contribution in [0.4, 0.5) is 5.69 Å². The van der Waals surface area contributed by atoms with E-state index in [1.165, 1.54) is 17.6 Å². The number of hydrogen-bond donors (Lipinski definition) is 0. The lowest BCUT2D eigenvalue weighted by molar-refractivity contribution is -0.136. The maximum absolute atomic E-state index is 13.6. The minimum Gasteiger partial charge on any atom is -0.465 e. The molecule has 0 spiro atoms. The Hall–Kier alpha value is -3.57. The maximum Gasteiger partial charge on any atom is 0.340 e. The first-order chi connectivity index (χ1) is 16.1. The lowest BCUT2D eigenvalue weighted by atomic mass is 10.0. The van der Waals surface area contributed by atoms with E-state index in [-0.39, 0.29) is 11.5 Å². The summed E-state index contributed by atoms with van der Waals surface area (Å²) in [6.45, 7) is 9.72. The van der Waals surface area contributed by atoms with Crippen LogP contribution in [-0.4, -0.2) is 23.6 Å². The highest BCUT2D eigenvalue weighted by molar-refractivity contribution is 6.32. The molecule has 0 saturated heterocycles. The normalized spacial score (nSPS) is 15.0. The summed E-state index contributed by atoms with van der Waals surface area (Å²) < 4.78 is 7.18. The topological polar surface area (TPSA) is 51.5 Å². The number of carbonyl (C=O) groups excluding carboxylic acids is 2. The number of carbonyl (C=O) groups is 2. The van der Waals surface area contributed by atoms with Crippen LogP contribution in [0.5, 0.6) is 0 Å². The number of aryl methyl sites for hydroxylation is 3. The smallest absolute Gasteiger partial charge is 0.340 e. The van der Waals surface area contributed by atoms with Crippen LogP contribution in [0.3, 0.4) is 0 Å². The standard InChI is InChI=1S/C28H27ClN2O3/c1-16-7-10-22(11-8-16)30-18(3)13-21(19(30)4)14-24-26(28(33)34-6)20(5)31(27(24)32)23-12-9-17(2)25(29)15-23/h7-15H,1-6H3/b24-14-. The van der Waals surface area contributed by atoms with Gasteiger partial charge in [0.1, 0.15) is 0 Å². The van der Waals surface area contributed by atoms with Gasteiger partial charge in [-0.15, -0.1) is 0 Å². The fourth-order valence-electron chi connectivity index (χ4n) is 4.39. The highest BCUT2D eigenvalue weighted by Gasteiger charge is 2.38. The van der Waals surface area contributed by atoms with Crippen molar-refractivity contribution in [3.05, 3.63) is 98.5 Å². The van der Waals surface area contributed by atoms with Gasteiger partial charge in [-0.3, -0.25) is 9.69 Å². The Labute approximate surface area is 204 Å². The van der Waals surface area contributed by atoms with Gasteiger partial charge in [0.05, 0.1) is 23.9 Å². The summed E-state index contributed by atoms with van der Waals surface area (Å²) >= 11 is 6.33. The average Bonchev–Trinajstić information content (AvgIpc) is 3.22. The van der Waals surface area contributed by atoms with E-state index >= 15 is 0 Å². The van der Waals surface area contributed by atoms with Gasteiger partial charge >= 0.3 is 5.97 Å². The molecule has 2 heterocycles. The highest BCUT2D eigenvalue weighted by atomic mass is 35.5. The molecule has 0 fully saturated rings. The predicted molar refractivity (Wildman–Crippen MR) is 136 cm³/mol. The third-order valence-corrected chi connectivity index (χ3v) is 6.67. The molecule has 0 unspecified atom stereocenters. The zero-order valence-electron chi connectivity index (χ0n) is 20.2. The Balaban J connectivity index is 1.85. The first-order valence-electron chi connectivity index (χ1n) is 11.0. The fraction of sp³-hybridized carbons (Fsp3) is 0.214. The van der Waals surface area contributed by atoms with Gasteiger partial charge < -0.3 is 9.30 Å². The van der Waals surface area contributed by atoms with E-state index in [0.717, 1.165) is 28.2 Å². The quantitative estimate of drug-likeness (QED) is 0.332. The highest BCUT2D eigenvalue weighted by Crippen LogP contribution is 2.37. The fourth-order valence-corrected chi connectivity index (χ4v) is 4.57. The molecule has 0 saturated carbocycles. The van der Waals surface area contributed by atoms with Gasteiger partial charge in [-0.2, -0.15) is 0 Å². The van der Waals surface area contributed by atoms with E-state index in [0.29, 0.717) is 22.0 Å². The number of benzene rings is 2. The summed E-state index contributed by atoms with van der Waals surface area (Å²) in [5, 5.41) is 0.553. The summed E-state index contributed by atoms with van der Waals surface area (Å²) in [6.07, 6.45) is 1.78. The third-order valence-electron chi connectivity index (χ3n) is 6.27. The van der Waals surface area contributed by atoms with Gasteiger partial charge in [-0.05, 0) is 82.2 Å². The number of amides is 1. The van der Waals surface area contributed by atoms with Gasteiger partial charge in [0.15, 0.2) is 0 Å². The van der Waals surface area contributed by atoms with Crippen LogP contribution in [0.25, 0.3) is 11.8 Å². The zero-order valence-corrected chi connectivity index (χ0v) is 20.9.